The molecule has 0 aromatic heterocycles. The number of Topliss-reactive ketones (excluding diaryl/α,β-unsaturated/α-hetero) is 2. The third-order valence-electron chi connectivity index (χ3n) is 8.19. The molecule has 4 N–H and O–H groups in total. The SMILES string of the molecule is COc1cc(C2C3=C(CC(C)(C)CC3=O)OC3=C2C(=O)CC(C)(C)C3)ccc1O[C@@H]1OC(CO)[C@H](O)[C@H](O)C1O. The second-order valence-electron chi connectivity index (χ2n) is 12.8. The summed E-state index contributed by atoms with van der Waals surface area (Å²) in [7, 11) is 1.43. The van der Waals surface area contributed by atoms with Crippen molar-refractivity contribution in [2.45, 2.75) is 90.0 Å². The third-order valence-corrected chi connectivity index (χ3v) is 8.19. The number of allylic oxidation sites excluding steroid dienone is 4. The molecule has 0 amide bonds. The molecule has 2 unspecified atom stereocenters. The summed E-state index contributed by atoms with van der Waals surface area (Å²) >= 11 is 0. The van der Waals surface area contributed by atoms with Gasteiger partial charge in [-0.05, 0) is 28.5 Å². The number of ether oxygens (including phenoxy) is 4. The van der Waals surface area contributed by atoms with Gasteiger partial charge in [0.05, 0.1) is 13.7 Å². The number of methoxy groups -OCH3 is 1. The molecule has 40 heavy (non-hydrogen) atoms. The van der Waals surface area contributed by atoms with Gasteiger partial charge in [0.1, 0.15) is 35.9 Å². The summed E-state index contributed by atoms with van der Waals surface area (Å²) in [5.41, 5.74) is 1.11. The van der Waals surface area contributed by atoms with Crippen molar-refractivity contribution in [1.82, 2.24) is 0 Å². The van der Waals surface area contributed by atoms with E-state index in [0.29, 0.717) is 53.9 Å². The van der Waals surface area contributed by atoms with E-state index in [-0.39, 0.29) is 33.9 Å². The summed E-state index contributed by atoms with van der Waals surface area (Å²) in [6.45, 7) is 7.53. The fourth-order valence-electron chi connectivity index (χ4n) is 6.26. The summed E-state index contributed by atoms with van der Waals surface area (Å²) in [6, 6.07) is 5.00. The minimum atomic E-state index is -1.60. The van der Waals surface area contributed by atoms with E-state index in [0.717, 1.165) is 0 Å². The van der Waals surface area contributed by atoms with Gasteiger partial charge in [0.25, 0.3) is 0 Å². The van der Waals surface area contributed by atoms with Crippen molar-refractivity contribution in [2.75, 3.05) is 13.7 Å². The van der Waals surface area contributed by atoms with E-state index < -0.39 is 43.2 Å². The van der Waals surface area contributed by atoms with E-state index >= 15 is 0 Å². The number of ketones is 2. The topological polar surface area (TPSA) is 152 Å². The van der Waals surface area contributed by atoms with E-state index in [1.54, 1.807) is 18.2 Å². The maximum absolute atomic E-state index is 13.5. The van der Waals surface area contributed by atoms with Crippen LogP contribution in [0.3, 0.4) is 0 Å². The Bertz CT molecular complexity index is 1220. The standard InChI is InChI=1S/C30H38O10/c1-29(2)9-15(32)23-19(11-29)38-20-12-30(3,4)10-16(33)24(20)22(23)14-6-7-17(18(8-14)37-5)39-28-27(36)26(35)25(34)21(13-31)40-28/h6-8,21-22,25-28,31,34-36H,9-13H2,1-5H3/t21?,25-,26-,27?,28+/m0/s1. The van der Waals surface area contributed by atoms with E-state index in [4.69, 9.17) is 18.9 Å². The fraction of sp³-hybridized carbons (Fsp3) is 0.600. The summed E-state index contributed by atoms with van der Waals surface area (Å²) in [5, 5.41) is 40.1. The molecule has 5 atom stereocenters. The Morgan fingerprint density at radius 2 is 1.43 bits per heavy atom. The normalized spacial score (nSPS) is 31.9. The molecule has 10 heteroatoms. The number of carbonyl (C=O) groups is 2. The summed E-state index contributed by atoms with van der Waals surface area (Å²) in [5.74, 6) is 0.895. The van der Waals surface area contributed by atoms with Gasteiger partial charge in [0.2, 0.25) is 6.29 Å². The van der Waals surface area contributed by atoms with Crippen LogP contribution in [0.4, 0.5) is 0 Å². The molecule has 1 saturated heterocycles. The molecule has 1 fully saturated rings. The van der Waals surface area contributed by atoms with Gasteiger partial charge in [-0.15, -0.1) is 0 Å². The van der Waals surface area contributed by atoms with Crippen LogP contribution in [0.25, 0.3) is 0 Å². The quantitative estimate of drug-likeness (QED) is 0.424. The van der Waals surface area contributed by atoms with Crippen LogP contribution in [0, 0.1) is 10.8 Å². The van der Waals surface area contributed by atoms with Gasteiger partial charge in [0, 0.05) is 42.7 Å². The largest absolute Gasteiger partial charge is 0.493 e. The molecular weight excluding hydrogens is 520 g/mol. The van der Waals surface area contributed by atoms with Gasteiger partial charge < -0.3 is 39.4 Å². The predicted molar refractivity (Wildman–Crippen MR) is 141 cm³/mol. The average Bonchev–Trinajstić information content (AvgIpc) is 2.86. The monoisotopic (exact) mass is 558 g/mol. The average molecular weight is 559 g/mol. The zero-order valence-corrected chi connectivity index (χ0v) is 23.5. The van der Waals surface area contributed by atoms with Crippen LogP contribution in [-0.4, -0.2) is 76.4 Å². The lowest BCUT2D eigenvalue weighted by atomic mass is 9.65. The number of carbonyl (C=O) groups excluding carboxylic acids is 2. The van der Waals surface area contributed by atoms with Gasteiger partial charge >= 0.3 is 0 Å². The first kappa shape index (κ1) is 28.8. The van der Waals surface area contributed by atoms with Crippen LogP contribution in [0.1, 0.15) is 64.9 Å². The van der Waals surface area contributed by atoms with Gasteiger partial charge in [0.15, 0.2) is 23.1 Å². The number of benzene rings is 1. The van der Waals surface area contributed by atoms with Gasteiger partial charge in [-0.25, -0.2) is 0 Å². The molecule has 0 radical (unpaired) electrons. The molecule has 4 aliphatic rings. The van der Waals surface area contributed by atoms with Crippen LogP contribution in [-0.2, 0) is 19.1 Å². The predicted octanol–water partition coefficient (Wildman–Crippen LogP) is 2.27. The Hall–Kier alpha value is -2.76. The Labute approximate surface area is 233 Å². The first-order valence-electron chi connectivity index (χ1n) is 13.6. The molecule has 0 bridgehead atoms. The van der Waals surface area contributed by atoms with Crippen molar-refractivity contribution in [3.8, 4) is 11.5 Å². The first-order chi connectivity index (χ1) is 18.7. The highest BCUT2D eigenvalue weighted by atomic mass is 16.7. The van der Waals surface area contributed by atoms with E-state index in [9.17, 15) is 30.0 Å². The Kier molecular flexibility index (Phi) is 7.37. The Morgan fingerprint density at radius 3 is 1.95 bits per heavy atom. The van der Waals surface area contributed by atoms with E-state index in [2.05, 4.69) is 0 Å². The summed E-state index contributed by atoms with van der Waals surface area (Å²) in [4.78, 5) is 27.1. The lowest BCUT2D eigenvalue weighted by Gasteiger charge is -2.42. The van der Waals surface area contributed by atoms with Crippen LogP contribution >= 0.6 is 0 Å². The molecule has 1 aromatic carbocycles. The minimum Gasteiger partial charge on any atom is -0.493 e. The van der Waals surface area contributed by atoms with Gasteiger partial charge in [-0.2, -0.15) is 0 Å². The molecule has 5 rings (SSSR count). The van der Waals surface area contributed by atoms with Crippen LogP contribution < -0.4 is 9.47 Å². The maximum Gasteiger partial charge on any atom is 0.229 e. The summed E-state index contributed by atoms with van der Waals surface area (Å²) in [6.07, 6.45) is -5.41. The highest BCUT2D eigenvalue weighted by Crippen LogP contribution is 2.53. The maximum atomic E-state index is 13.5. The molecule has 0 spiro atoms. The fourth-order valence-corrected chi connectivity index (χ4v) is 6.26. The lowest BCUT2D eigenvalue weighted by molar-refractivity contribution is -0.277. The summed E-state index contributed by atoms with van der Waals surface area (Å²) < 4.78 is 23.2. The van der Waals surface area contributed by atoms with Crippen LogP contribution in [0.15, 0.2) is 40.9 Å². The number of aliphatic hydroxyl groups is 4. The minimum absolute atomic E-state index is 0.0546. The number of rotatable bonds is 5. The number of aliphatic hydroxyl groups excluding tert-OH is 4. The Morgan fingerprint density at radius 1 is 0.850 bits per heavy atom. The number of hydrogen-bond donors (Lipinski definition) is 4. The Balaban J connectivity index is 1.55. The van der Waals surface area contributed by atoms with Crippen LogP contribution in [0.2, 0.25) is 0 Å². The van der Waals surface area contributed by atoms with E-state index in [1.807, 2.05) is 27.7 Å². The van der Waals surface area contributed by atoms with Crippen molar-refractivity contribution in [1.29, 1.82) is 0 Å². The zero-order chi connectivity index (χ0) is 29.1. The van der Waals surface area contributed by atoms with Crippen molar-refractivity contribution in [3.63, 3.8) is 0 Å². The second kappa shape index (κ2) is 10.3. The lowest BCUT2D eigenvalue weighted by Crippen LogP contribution is -2.60. The van der Waals surface area contributed by atoms with Crippen molar-refractivity contribution in [3.05, 3.63) is 46.4 Å². The third kappa shape index (κ3) is 5.07. The van der Waals surface area contributed by atoms with Gasteiger partial charge in [-0.1, -0.05) is 33.8 Å². The molecule has 10 nitrogen and oxygen atoms in total. The highest BCUT2D eigenvalue weighted by Gasteiger charge is 2.48. The smallest absolute Gasteiger partial charge is 0.229 e. The molecule has 2 heterocycles. The van der Waals surface area contributed by atoms with E-state index in [1.165, 1.54) is 7.11 Å². The van der Waals surface area contributed by atoms with Crippen LogP contribution in [0.5, 0.6) is 11.5 Å². The molecular formula is C30H38O10. The van der Waals surface area contributed by atoms with Crippen molar-refractivity contribution in [2.24, 2.45) is 10.8 Å². The van der Waals surface area contributed by atoms with Crippen molar-refractivity contribution < 1.29 is 49.0 Å². The zero-order valence-electron chi connectivity index (χ0n) is 23.5. The van der Waals surface area contributed by atoms with Crippen molar-refractivity contribution >= 4 is 11.6 Å². The van der Waals surface area contributed by atoms with Gasteiger partial charge in [-0.3, -0.25) is 9.59 Å². The molecule has 1 aromatic rings. The first-order valence-corrected chi connectivity index (χ1v) is 13.6. The molecule has 218 valence electrons. The molecule has 2 aliphatic heterocycles. The highest BCUT2D eigenvalue weighted by molar-refractivity contribution is 6.06. The number of hydrogen-bond acceptors (Lipinski definition) is 10. The second-order valence-corrected chi connectivity index (χ2v) is 12.8. The molecule has 0 saturated carbocycles. The molecule has 2 aliphatic carbocycles.